The molecule has 3 aromatic rings. The smallest absolute Gasteiger partial charge is 0.416 e. The van der Waals surface area contributed by atoms with Gasteiger partial charge in [-0.25, -0.2) is 4.98 Å². The fraction of sp³-hybridized carbons (Fsp3) is 0.0625. The van der Waals surface area contributed by atoms with Crippen LogP contribution in [0.5, 0.6) is 11.6 Å². The van der Waals surface area contributed by atoms with Crippen LogP contribution >= 0.6 is 0 Å². The van der Waals surface area contributed by atoms with Crippen LogP contribution in [-0.2, 0) is 6.18 Å². The van der Waals surface area contributed by atoms with E-state index in [9.17, 15) is 13.2 Å². The van der Waals surface area contributed by atoms with E-state index in [1.54, 1.807) is 18.3 Å². The molecule has 0 radical (unpaired) electrons. The summed E-state index contributed by atoms with van der Waals surface area (Å²) in [5.41, 5.74) is 5.73. The van der Waals surface area contributed by atoms with Gasteiger partial charge in [0.25, 0.3) is 0 Å². The van der Waals surface area contributed by atoms with E-state index in [-0.39, 0.29) is 17.4 Å². The predicted octanol–water partition coefficient (Wildman–Crippen LogP) is 4.01. The Labute approximate surface area is 140 Å². The normalized spacial score (nSPS) is 11.2. The maximum atomic E-state index is 12.6. The third-order valence-corrected chi connectivity index (χ3v) is 3.17. The molecule has 0 bridgehead atoms. The third kappa shape index (κ3) is 3.94. The summed E-state index contributed by atoms with van der Waals surface area (Å²) >= 11 is 0. The summed E-state index contributed by atoms with van der Waals surface area (Å²) in [6.45, 7) is 0. The molecule has 6 nitrogen and oxygen atoms in total. The summed E-state index contributed by atoms with van der Waals surface area (Å²) in [4.78, 5) is 11.8. The number of pyridine rings is 1. The van der Waals surface area contributed by atoms with Gasteiger partial charge in [0.05, 0.1) is 11.8 Å². The van der Waals surface area contributed by atoms with Crippen molar-refractivity contribution >= 4 is 17.2 Å². The Kier molecular flexibility index (Phi) is 4.38. The Morgan fingerprint density at radius 1 is 1.04 bits per heavy atom. The minimum absolute atomic E-state index is 0.109. The number of ether oxygens (including phenoxy) is 1. The van der Waals surface area contributed by atoms with Crippen molar-refractivity contribution in [3.63, 3.8) is 0 Å². The highest BCUT2D eigenvalue weighted by Gasteiger charge is 2.29. The van der Waals surface area contributed by atoms with Crippen molar-refractivity contribution in [1.29, 1.82) is 0 Å². The lowest BCUT2D eigenvalue weighted by Gasteiger charge is -2.12. The molecule has 0 aliphatic carbocycles. The van der Waals surface area contributed by atoms with Gasteiger partial charge in [-0.15, -0.1) is 0 Å². The number of aromatic nitrogens is 3. The summed E-state index contributed by atoms with van der Waals surface area (Å²) in [6.07, 6.45) is -0.0794. The van der Waals surface area contributed by atoms with Crippen molar-refractivity contribution in [2.75, 3.05) is 11.1 Å². The minimum Gasteiger partial charge on any atom is -0.435 e. The summed E-state index contributed by atoms with van der Waals surface area (Å²) in [5.74, 6) is 0.763. The number of nitrogens with one attached hydrogen (secondary N) is 1. The van der Waals surface area contributed by atoms with Gasteiger partial charge >= 0.3 is 6.18 Å². The average Bonchev–Trinajstić information content (AvgIpc) is 2.59. The van der Waals surface area contributed by atoms with E-state index < -0.39 is 11.7 Å². The summed E-state index contributed by atoms with van der Waals surface area (Å²) < 4.78 is 43.3. The van der Waals surface area contributed by atoms with Crippen LogP contribution in [0.1, 0.15) is 5.56 Å². The lowest BCUT2D eigenvalue weighted by Crippen LogP contribution is -2.05. The Balaban J connectivity index is 1.80. The zero-order chi connectivity index (χ0) is 17.9. The molecule has 0 saturated heterocycles. The third-order valence-electron chi connectivity index (χ3n) is 3.17. The number of hydrogen-bond acceptors (Lipinski definition) is 6. The number of halogens is 3. The van der Waals surface area contributed by atoms with E-state index in [1.807, 2.05) is 0 Å². The standard InChI is InChI=1S/C16H12F3N5O/c17-16(18,19)10-3-5-11(6-4-10)24-14-13(20)15(23-9-22-14)25-12-2-1-7-21-8-12/h1-9H,20H2,(H,22,23,24). The molecule has 0 aliphatic rings. The molecule has 3 N–H and O–H groups in total. The predicted molar refractivity (Wildman–Crippen MR) is 85.5 cm³/mol. The number of hydrogen-bond donors (Lipinski definition) is 2. The van der Waals surface area contributed by atoms with Gasteiger partial charge in [-0.3, -0.25) is 4.98 Å². The first-order chi connectivity index (χ1) is 11.9. The van der Waals surface area contributed by atoms with Gasteiger partial charge in [-0.05, 0) is 36.4 Å². The molecule has 0 spiro atoms. The first-order valence-corrected chi connectivity index (χ1v) is 7.06. The van der Waals surface area contributed by atoms with Crippen LogP contribution in [0.4, 0.5) is 30.4 Å². The Morgan fingerprint density at radius 3 is 2.44 bits per heavy atom. The lowest BCUT2D eigenvalue weighted by molar-refractivity contribution is -0.137. The molecule has 0 aliphatic heterocycles. The SMILES string of the molecule is Nc1c(Nc2ccc(C(F)(F)F)cc2)ncnc1Oc1cccnc1. The minimum atomic E-state index is -4.39. The molecule has 0 amide bonds. The van der Waals surface area contributed by atoms with Gasteiger partial charge in [0.15, 0.2) is 5.82 Å². The van der Waals surface area contributed by atoms with E-state index >= 15 is 0 Å². The number of nitrogen functional groups attached to an aromatic ring is 1. The van der Waals surface area contributed by atoms with Crippen molar-refractivity contribution < 1.29 is 17.9 Å². The lowest BCUT2D eigenvalue weighted by atomic mass is 10.2. The van der Waals surface area contributed by atoms with Crippen LogP contribution in [0.15, 0.2) is 55.1 Å². The maximum Gasteiger partial charge on any atom is 0.416 e. The Hall–Kier alpha value is -3.36. The van der Waals surface area contributed by atoms with Crippen molar-refractivity contribution in [2.24, 2.45) is 0 Å². The molecule has 0 atom stereocenters. The first kappa shape index (κ1) is 16.5. The van der Waals surface area contributed by atoms with Gasteiger partial charge in [0, 0.05) is 11.9 Å². The topological polar surface area (TPSA) is 86.0 Å². The van der Waals surface area contributed by atoms with Crippen molar-refractivity contribution in [3.8, 4) is 11.6 Å². The molecule has 1 aromatic carbocycles. The zero-order valence-electron chi connectivity index (χ0n) is 12.7. The number of alkyl halides is 3. The molecule has 128 valence electrons. The monoisotopic (exact) mass is 347 g/mol. The molecule has 9 heteroatoms. The van der Waals surface area contributed by atoms with Crippen molar-refractivity contribution in [1.82, 2.24) is 15.0 Å². The van der Waals surface area contributed by atoms with Crippen LogP contribution in [0.3, 0.4) is 0 Å². The fourth-order valence-electron chi connectivity index (χ4n) is 1.96. The quantitative estimate of drug-likeness (QED) is 0.742. The number of nitrogens with zero attached hydrogens (tertiary/aromatic N) is 3. The number of rotatable bonds is 4. The molecule has 0 unspecified atom stereocenters. The van der Waals surface area contributed by atoms with Crippen molar-refractivity contribution in [3.05, 3.63) is 60.7 Å². The molecule has 2 heterocycles. The summed E-state index contributed by atoms with van der Waals surface area (Å²) in [5, 5.41) is 2.84. The second-order valence-corrected chi connectivity index (χ2v) is 4.93. The number of benzene rings is 1. The average molecular weight is 347 g/mol. The molecular formula is C16H12F3N5O. The highest BCUT2D eigenvalue weighted by Crippen LogP contribution is 2.32. The van der Waals surface area contributed by atoms with Crippen molar-refractivity contribution in [2.45, 2.75) is 6.18 Å². The molecule has 25 heavy (non-hydrogen) atoms. The van der Waals surface area contributed by atoms with Gasteiger partial charge < -0.3 is 15.8 Å². The first-order valence-electron chi connectivity index (χ1n) is 7.06. The van der Waals surface area contributed by atoms with Crippen LogP contribution in [-0.4, -0.2) is 15.0 Å². The second kappa shape index (κ2) is 6.63. The van der Waals surface area contributed by atoms with E-state index in [4.69, 9.17) is 10.5 Å². The van der Waals surface area contributed by atoms with Crippen LogP contribution in [0.2, 0.25) is 0 Å². The van der Waals surface area contributed by atoms with E-state index in [0.29, 0.717) is 11.4 Å². The van der Waals surface area contributed by atoms with Gasteiger partial charge in [-0.1, -0.05) is 0 Å². The fourth-order valence-corrected chi connectivity index (χ4v) is 1.96. The van der Waals surface area contributed by atoms with Crippen LogP contribution < -0.4 is 15.8 Å². The molecule has 3 rings (SSSR count). The van der Waals surface area contributed by atoms with Crippen LogP contribution in [0.25, 0.3) is 0 Å². The molecule has 2 aromatic heterocycles. The van der Waals surface area contributed by atoms with E-state index in [2.05, 4.69) is 20.3 Å². The van der Waals surface area contributed by atoms with Gasteiger partial charge in [0.1, 0.15) is 17.8 Å². The molecule has 0 fully saturated rings. The second-order valence-electron chi connectivity index (χ2n) is 4.93. The molecular weight excluding hydrogens is 335 g/mol. The van der Waals surface area contributed by atoms with Gasteiger partial charge in [0.2, 0.25) is 5.88 Å². The zero-order valence-corrected chi connectivity index (χ0v) is 12.7. The Morgan fingerprint density at radius 2 is 1.80 bits per heavy atom. The van der Waals surface area contributed by atoms with Gasteiger partial charge in [-0.2, -0.15) is 18.2 Å². The summed E-state index contributed by atoms with van der Waals surface area (Å²) in [7, 11) is 0. The highest BCUT2D eigenvalue weighted by molar-refractivity contribution is 5.72. The Bertz CT molecular complexity index is 854. The van der Waals surface area contributed by atoms with E-state index in [0.717, 1.165) is 12.1 Å². The largest absolute Gasteiger partial charge is 0.435 e. The number of anilines is 3. The molecule has 0 saturated carbocycles. The number of nitrogens with two attached hydrogens (primary N) is 1. The highest BCUT2D eigenvalue weighted by atomic mass is 19.4. The van der Waals surface area contributed by atoms with E-state index in [1.165, 1.54) is 24.7 Å². The summed E-state index contributed by atoms with van der Waals surface area (Å²) in [6, 6.07) is 7.86. The van der Waals surface area contributed by atoms with Crippen LogP contribution in [0, 0.1) is 0 Å². The maximum absolute atomic E-state index is 12.6.